The van der Waals surface area contributed by atoms with E-state index >= 15 is 0 Å². The summed E-state index contributed by atoms with van der Waals surface area (Å²) in [5.41, 5.74) is 3.46. The minimum atomic E-state index is -0.0786. The van der Waals surface area contributed by atoms with Gasteiger partial charge in [0, 0.05) is 11.4 Å². The first-order valence-corrected chi connectivity index (χ1v) is 8.10. The molecule has 2 aromatic heterocycles. The highest BCUT2D eigenvalue weighted by Crippen LogP contribution is 2.27. The number of rotatable bonds is 4. The highest BCUT2D eigenvalue weighted by Gasteiger charge is 2.15. The Morgan fingerprint density at radius 2 is 2.15 bits per heavy atom. The molecule has 3 rings (SSSR count). The lowest BCUT2D eigenvalue weighted by Gasteiger charge is -2.09. The van der Waals surface area contributed by atoms with Gasteiger partial charge in [-0.15, -0.1) is 22.9 Å². The minimum Gasteiger partial charge on any atom is -0.326 e. The number of para-hydroxylation sites is 1. The quantitative estimate of drug-likeness (QED) is 0.624. The molecule has 3 aromatic rings. The van der Waals surface area contributed by atoms with Crippen LogP contribution in [0.5, 0.6) is 0 Å². The van der Waals surface area contributed by atoms with Crippen molar-refractivity contribution in [1.29, 1.82) is 0 Å². The van der Waals surface area contributed by atoms with E-state index in [0.717, 1.165) is 24.3 Å². The van der Waals surface area contributed by atoms with Crippen molar-refractivity contribution in [2.75, 3.05) is 0 Å². The number of fused-ring (bicyclic) bond motifs is 1. The summed E-state index contributed by atoms with van der Waals surface area (Å²) in [6.07, 6.45) is 1.02. The number of halogens is 1. The number of alkyl halides is 1. The molecular weight excluding hydrogens is 288 g/mol. The maximum atomic E-state index is 6.31. The van der Waals surface area contributed by atoms with E-state index in [1.165, 1.54) is 16.0 Å². The largest absolute Gasteiger partial charge is 0.326 e. The summed E-state index contributed by atoms with van der Waals surface area (Å²) >= 11 is 8.11. The van der Waals surface area contributed by atoms with Gasteiger partial charge in [0.25, 0.3) is 0 Å². The third kappa shape index (κ3) is 2.48. The fourth-order valence-corrected chi connectivity index (χ4v) is 3.39. The van der Waals surface area contributed by atoms with Gasteiger partial charge in [0.2, 0.25) is 0 Å². The van der Waals surface area contributed by atoms with Gasteiger partial charge in [-0.25, -0.2) is 4.98 Å². The number of hydrogen-bond acceptors (Lipinski definition) is 2. The third-order valence-electron chi connectivity index (χ3n) is 3.53. The summed E-state index contributed by atoms with van der Waals surface area (Å²) < 4.78 is 2.26. The highest BCUT2D eigenvalue weighted by atomic mass is 35.5. The first kappa shape index (κ1) is 13.7. The van der Waals surface area contributed by atoms with Crippen LogP contribution in [0.2, 0.25) is 0 Å². The molecule has 20 heavy (non-hydrogen) atoms. The average Bonchev–Trinajstić information content (AvgIpc) is 3.03. The van der Waals surface area contributed by atoms with E-state index in [0.29, 0.717) is 0 Å². The highest BCUT2D eigenvalue weighted by molar-refractivity contribution is 7.09. The van der Waals surface area contributed by atoms with E-state index in [1.54, 1.807) is 11.3 Å². The Balaban J connectivity index is 2.02. The summed E-state index contributed by atoms with van der Waals surface area (Å²) in [6.45, 7) is 5.01. The van der Waals surface area contributed by atoms with Gasteiger partial charge in [-0.05, 0) is 43.3 Å². The zero-order chi connectivity index (χ0) is 14.1. The lowest BCUT2D eigenvalue weighted by Crippen LogP contribution is -2.06. The van der Waals surface area contributed by atoms with E-state index in [1.807, 2.05) is 6.92 Å². The average molecular weight is 305 g/mol. The number of aryl methyl sites for hydroxylation is 3. The molecule has 4 heteroatoms. The fourth-order valence-electron chi connectivity index (χ4n) is 2.52. The molecule has 0 N–H and O–H groups in total. The molecule has 0 spiro atoms. The van der Waals surface area contributed by atoms with E-state index < -0.39 is 0 Å². The molecule has 0 amide bonds. The predicted molar refractivity (Wildman–Crippen MR) is 86.8 cm³/mol. The van der Waals surface area contributed by atoms with Crippen molar-refractivity contribution < 1.29 is 0 Å². The SMILES string of the molecule is Cc1cccc2c1nc(C(C)Cl)n2CCc1cccs1. The van der Waals surface area contributed by atoms with Gasteiger partial charge in [0.1, 0.15) is 5.82 Å². The number of aromatic nitrogens is 2. The van der Waals surface area contributed by atoms with Crippen LogP contribution in [0.3, 0.4) is 0 Å². The van der Waals surface area contributed by atoms with E-state index in [9.17, 15) is 0 Å². The number of hydrogen-bond donors (Lipinski definition) is 0. The van der Waals surface area contributed by atoms with Gasteiger partial charge < -0.3 is 4.57 Å². The molecule has 0 aliphatic rings. The smallest absolute Gasteiger partial charge is 0.127 e. The number of nitrogens with zero attached hydrogens (tertiary/aromatic N) is 2. The topological polar surface area (TPSA) is 17.8 Å². The zero-order valence-corrected chi connectivity index (χ0v) is 13.2. The van der Waals surface area contributed by atoms with Crippen molar-refractivity contribution in [2.24, 2.45) is 0 Å². The first-order valence-electron chi connectivity index (χ1n) is 6.79. The third-order valence-corrected chi connectivity index (χ3v) is 4.66. The first-order chi connectivity index (χ1) is 9.66. The van der Waals surface area contributed by atoms with Crippen LogP contribution in [0.25, 0.3) is 11.0 Å². The van der Waals surface area contributed by atoms with Crippen molar-refractivity contribution in [3.63, 3.8) is 0 Å². The molecule has 104 valence electrons. The molecule has 0 aliphatic carbocycles. The van der Waals surface area contributed by atoms with Gasteiger partial charge >= 0.3 is 0 Å². The van der Waals surface area contributed by atoms with Crippen LogP contribution < -0.4 is 0 Å². The van der Waals surface area contributed by atoms with Crippen LogP contribution in [-0.4, -0.2) is 9.55 Å². The molecule has 0 aliphatic heterocycles. The standard InChI is InChI=1S/C16H17ClN2S/c1-11-5-3-7-14-15(11)18-16(12(2)17)19(14)9-8-13-6-4-10-20-13/h3-7,10,12H,8-9H2,1-2H3. The summed E-state index contributed by atoms with van der Waals surface area (Å²) in [5.74, 6) is 0.965. The number of benzene rings is 1. The van der Waals surface area contributed by atoms with Crippen LogP contribution in [0.1, 0.15) is 28.6 Å². The van der Waals surface area contributed by atoms with E-state index in [4.69, 9.17) is 16.6 Å². The van der Waals surface area contributed by atoms with Gasteiger partial charge in [0.15, 0.2) is 0 Å². The molecule has 1 aromatic carbocycles. The van der Waals surface area contributed by atoms with Crippen molar-refractivity contribution in [3.05, 3.63) is 52.0 Å². The Morgan fingerprint density at radius 3 is 2.85 bits per heavy atom. The van der Waals surface area contributed by atoms with E-state index in [-0.39, 0.29) is 5.38 Å². The normalized spacial score (nSPS) is 12.9. The van der Waals surface area contributed by atoms with Crippen molar-refractivity contribution in [1.82, 2.24) is 9.55 Å². The predicted octanol–water partition coefficient (Wildman–Crippen LogP) is 4.95. The van der Waals surface area contributed by atoms with Gasteiger partial charge in [-0.3, -0.25) is 0 Å². The summed E-state index contributed by atoms with van der Waals surface area (Å²) in [5, 5.41) is 2.04. The molecule has 2 heterocycles. The second-order valence-electron chi connectivity index (χ2n) is 5.01. The van der Waals surface area contributed by atoms with Crippen LogP contribution >= 0.6 is 22.9 Å². The molecule has 1 unspecified atom stereocenters. The Morgan fingerprint density at radius 1 is 1.30 bits per heavy atom. The molecule has 0 saturated carbocycles. The maximum Gasteiger partial charge on any atom is 0.127 e. The van der Waals surface area contributed by atoms with Crippen molar-refractivity contribution in [3.8, 4) is 0 Å². The van der Waals surface area contributed by atoms with E-state index in [2.05, 4.69) is 47.2 Å². The van der Waals surface area contributed by atoms with Gasteiger partial charge in [-0.1, -0.05) is 18.2 Å². The van der Waals surface area contributed by atoms with Gasteiger partial charge in [-0.2, -0.15) is 0 Å². The Bertz CT molecular complexity index is 713. The Kier molecular flexibility index (Phi) is 3.81. The second-order valence-corrected chi connectivity index (χ2v) is 6.70. The molecular formula is C16H17ClN2S. The monoisotopic (exact) mass is 304 g/mol. The lowest BCUT2D eigenvalue weighted by molar-refractivity contribution is 0.672. The minimum absolute atomic E-state index is 0.0786. The number of imidazole rings is 1. The molecule has 0 radical (unpaired) electrons. The molecule has 0 bridgehead atoms. The zero-order valence-electron chi connectivity index (χ0n) is 11.6. The second kappa shape index (κ2) is 5.58. The van der Waals surface area contributed by atoms with Crippen LogP contribution in [0.15, 0.2) is 35.7 Å². The van der Waals surface area contributed by atoms with Crippen LogP contribution in [0, 0.1) is 6.92 Å². The molecule has 1 atom stereocenters. The number of thiophene rings is 1. The molecule has 0 fully saturated rings. The summed E-state index contributed by atoms with van der Waals surface area (Å²) in [6, 6.07) is 10.6. The van der Waals surface area contributed by atoms with Crippen LogP contribution in [-0.2, 0) is 13.0 Å². The van der Waals surface area contributed by atoms with Crippen molar-refractivity contribution in [2.45, 2.75) is 32.2 Å². The van der Waals surface area contributed by atoms with Gasteiger partial charge in [0.05, 0.1) is 16.4 Å². The Hall–Kier alpha value is -1.32. The summed E-state index contributed by atoms with van der Waals surface area (Å²) in [7, 11) is 0. The molecule has 0 saturated heterocycles. The molecule has 2 nitrogen and oxygen atoms in total. The Labute approximate surface area is 128 Å². The fraction of sp³-hybridized carbons (Fsp3) is 0.312. The maximum absolute atomic E-state index is 6.31. The van der Waals surface area contributed by atoms with Crippen molar-refractivity contribution >= 4 is 34.0 Å². The van der Waals surface area contributed by atoms with Crippen LogP contribution in [0.4, 0.5) is 0 Å². The lowest BCUT2D eigenvalue weighted by atomic mass is 10.2. The summed E-state index contributed by atoms with van der Waals surface area (Å²) in [4.78, 5) is 6.14.